The van der Waals surface area contributed by atoms with Gasteiger partial charge in [-0.2, -0.15) is 0 Å². The second-order valence-corrected chi connectivity index (χ2v) is 7.15. The molecule has 0 amide bonds. The van der Waals surface area contributed by atoms with Crippen LogP contribution in [0.3, 0.4) is 0 Å². The maximum Gasteiger partial charge on any atom is 0.0175 e. The maximum atomic E-state index is 3.76. The normalized spacial score (nSPS) is 22.4. The van der Waals surface area contributed by atoms with E-state index in [-0.39, 0.29) is 0 Å². The lowest BCUT2D eigenvalue weighted by atomic mass is 9.77. The van der Waals surface area contributed by atoms with E-state index in [0.29, 0.717) is 5.92 Å². The third-order valence-corrected chi connectivity index (χ3v) is 5.25. The predicted octanol–water partition coefficient (Wildman–Crippen LogP) is 4.87. The van der Waals surface area contributed by atoms with E-state index in [1.54, 1.807) is 0 Å². The summed E-state index contributed by atoms with van der Waals surface area (Å²) in [5, 5.41) is 3.76. The van der Waals surface area contributed by atoms with Gasteiger partial charge in [0.2, 0.25) is 0 Å². The highest BCUT2D eigenvalue weighted by Crippen LogP contribution is 2.36. The van der Waals surface area contributed by atoms with Crippen LogP contribution >= 0.6 is 15.9 Å². The van der Waals surface area contributed by atoms with Crippen LogP contribution in [0.5, 0.6) is 0 Å². The first-order chi connectivity index (χ1) is 9.33. The van der Waals surface area contributed by atoms with Crippen LogP contribution in [-0.2, 0) is 0 Å². The van der Waals surface area contributed by atoms with Crippen LogP contribution in [0.2, 0.25) is 0 Å². The molecule has 0 aliphatic heterocycles. The lowest BCUT2D eigenvalue weighted by molar-refractivity contribution is 0.296. The third-order valence-electron chi connectivity index (χ3n) is 4.72. The lowest BCUT2D eigenvalue weighted by Crippen LogP contribution is -2.29. The molecule has 2 aliphatic rings. The van der Waals surface area contributed by atoms with Crippen LogP contribution in [0.4, 0.5) is 0 Å². The molecule has 1 aromatic rings. The van der Waals surface area contributed by atoms with Crippen molar-refractivity contribution in [3.63, 3.8) is 0 Å². The highest BCUT2D eigenvalue weighted by Gasteiger charge is 2.28. The minimum atomic E-state index is 0.717. The van der Waals surface area contributed by atoms with Crippen LogP contribution in [-0.4, -0.2) is 12.6 Å². The van der Waals surface area contributed by atoms with Gasteiger partial charge in [-0.15, -0.1) is 0 Å². The zero-order chi connectivity index (χ0) is 13.1. The van der Waals surface area contributed by atoms with Crippen molar-refractivity contribution in [2.24, 2.45) is 5.92 Å². The van der Waals surface area contributed by atoms with E-state index in [0.717, 1.165) is 12.0 Å². The van der Waals surface area contributed by atoms with Gasteiger partial charge in [-0.05, 0) is 55.2 Å². The van der Waals surface area contributed by atoms with Crippen LogP contribution in [0, 0.1) is 5.92 Å². The molecule has 19 heavy (non-hydrogen) atoms. The standard InChI is InChI=1S/C17H24BrN/c18-15-8-6-14(7-9-15)17(12-19-16-10-11-16)13-4-2-1-3-5-13/h6-9,13,16-17,19H,1-5,10-12H2. The molecule has 1 nitrogen and oxygen atoms in total. The average Bonchev–Trinajstić information content (AvgIpc) is 3.26. The molecule has 1 aromatic carbocycles. The van der Waals surface area contributed by atoms with Crippen molar-refractivity contribution in [2.45, 2.75) is 56.9 Å². The monoisotopic (exact) mass is 321 g/mol. The quantitative estimate of drug-likeness (QED) is 0.816. The molecule has 2 heteroatoms. The first-order valence-electron chi connectivity index (χ1n) is 7.82. The van der Waals surface area contributed by atoms with E-state index in [9.17, 15) is 0 Å². The Hall–Kier alpha value is -0.340. The molecule has 2 saturated carbocycles. The summed E-state index contributed by atoms with van der Waals surface area (Å²) in [4.78, 5) is 0. The molecule has 0 bridgehead atoms. The van der Waals surface area contributed by atoms with E-state index >= 15 is 0 Å². The molecule has 0 radical (unpaired) electrons. The Morgan fingerprint density at radius 2 is 1.68 bits per heavy atom. The zero-order valence-corrected chi connectivity index (χ0v) is 13.2. The summed E-state index contributed by atoms with van der Waals surface area (Å²) < 4.78 is 1.19. The molecular formula is C17H24BrN. The third kappa shape index (κ3) is 3.82. The Kier molecular flexibility index (Phi) is 4.60. The van der Waals surface area contributed by atoms with Gasteiger partial charge < -0.3 is 5.32 Å². The Labute approximate surface area is 125 Å². The molecular weight excluding hydrogens is 298 g/mol. The Morgan fingerprint density at radius 1 is 1.00 bits per heavy atom. The summed E-state index contributed by atoms with van der Waals surface area (Å²) >= 11 is 3.55. The van der Waals surface area contributed by atoms with E-state index in [2.05, 4.69) is 45.5 Å². The number of halogens is 1. The van der Waals surface area contributed by atoms with Gasteiger partial charge >= 0.3 is 0 Å². The molecule has 1 atom stereocenters. The highest BCUT2D eigenvalue weighted by atomic mass is 79.9. The fourth-order valence-corrected chi connectivity index (χ4v) is 3.65. The smallest absolute Gasteiger partial charge is 0.0175 e. The van der Waals surface area contributed by atoms with Gasteiger partial charge in [0.15, 0.2) is 0 Å². The maximum absolute atomic E-state index is 3.76. The molecule has 0 aromatic heterocycles. The van der Waals surface area contributed by atoms with E-state index in [1.807, 2.05) is 0 Å². The molecule has 0 spiro atoms. The van der Waals surface area contributed by atoms with Crippen molar-refractivity contribution in [2.75, 3.05) is 6.54 Å². The fraction of sp³-hybridized carbons (Fsp3) is 0.647. The van der Waals surface area contributed by atoms with Crippen LogP contribution < -0.4 is 5.32 Å². The average molecular weight is 322 g/mol. The number of benzene rings is 1. The second-order valence-electron chi connectivity index (χ2n) is 6.24. The largest absolute Gasteiger partial charge is 0.313 e. The Balaban J connectivity index is 1.71. The minimum absolute atomic E-state index is 0.717. The number of nitrogens with one attached hydrogen (secondary N) is 1. The van der Waals surface area contributed by atoms with Crippen molar-refractivity contribution in [1.29, 1.82) is 0 Å². The Morgan fingerprint density at radius 3 is 2.32 bits per heavy atom. The molecule has 1 N–H and O–H groups in total. The Bertz CT molecular complexity index is 390. The van der Waals surface area contributed by atoms with Gasteiger partial charge in [0.25, 0.3) is 0 Å². The predicted molar refractivity (Wildman–Crippen MR) is 84.5 cm³/mol. The molecule has 0 heterocycles. The number of hydrogen-bond donors (Lipinski definition) is 1. The van der Waals surface area contributed by atoms with Crippen molar-refractivity contribution in [3.8, 4) is 0 Å². The second kappa shape index (κ2) is 6.41. The van der Waals surface area contributed by atoms with E-state index in [1.165, 1.54) is 61.5 Å². The first-order valence-corrected chi connectivity index (χ1v) is 8.61. The first kappa shape index (κ1) is 13.6. The number of hydrogen-bond acceptors (Lipinski definition) is 1. The highest BCUT2D eigenvalue weighted by molar-refractivity contribution is 9.10. The van der Waals surface area contributed by atoms with Crippen molar-refractivity contribution < 1.29 is 0 Å². The number of rotatable bonds is 5. The van der Waals surface area contributed by atoms with Gasteiger partial charge in [-0.3, -0.25) is 0 Å². The van der Waals surface area contributed by atoms with Gasteiger partial charge in [0, 0.05) is 17.1 Å². The van der Waals surface area contributed by atoms with Gasteiger partial charge in [-0.25, -0.2) is 0 Å². The van der Waals surface area contributed by atoms with E-state index in [4.69, 9.17) is 0 Å². The van der Waals surface area contributed by atoms with Crippen molar-refractivity contribution >= 4 is 15.9 Å². The summed E-state index contributed by atoms with van der Waals surface area (Å²) in [7, 11) is 0. The van der Waals surface area contributed by atoms with Gasteiger partial charge in [0.05, 0.1) is 0 Å². The molecule has 2 fully saturated rings. The summed E-state index contributed by atoms with van der Waals surface area (Å²) in [6.07, 6.45) is 9.93. The van der Waals surface area contributed by atoms with Crippen LogP contribution in [0.15, 0.2) is 28.7 Å². The van der Waals surface area contributed by atoms with E-state index < -0.39 is 0 Å². The van der Waals surface area contributed by atoms with Crippen molar-refractivity contribution in [1.82, 2.24) is 5.32 Å². The van der Waals surface area contributed by atoms with Crippen molar-refractivity contribution in [3.05, 3.63) is 34.3 Å². The molecule has 0 saturated heterocycles. The summed E-state index contributed by atoms with van der Waals surface area (Å²) in [5.74, 6) is 1.61. The molecule has 3 rings (SSSR count). The minimum Gasteiger partial charge on any atom is -0.313 e. The molecule has 1 unspecified atom stereocenters. The van der Waals surface area contributed by atoms with Crippen LogP contribution in [0.25, 0.3) is 0 Å². The van der Waals surface area contributed by atoms with Gasteiger partial charge in [-0.1, -0.05) is 47.3 Å². The topological polar surface area (TPSA) is 12.0 Å². The summed E-state index contributed by atoms with van der Waals surface area (Å²) in [6.45, 7) is 1.18. The SMILES string of the molecule is Brc1ccc(C(CNC2CC2)C2CCCCC2)cc1. The molecule has 104 valence electrons. The van der Waals surface area contributed by atoms with Crippen LogP contribution in [0.1, 0.15) is 56.4 Å². The molecule has 2 aliphatic carbocycles. The van der Waals surface area contributed by atoms with Gasteiger partial charge in [0.1, 0.15) is 0 Å². The zero-order valence-electron chi connectivity index (χ0n) is 11.6. The summed E-state index contributed by atoms with van der Waals surface area (Å²) in [6, 6.07) is 9.85. The lowest BCUT2D eigenvalue weighted by Gasteiger charge is -2.31. The summed E-state index contributed by atoms with van der Waals surface area (Å²) in [5.41, 5.74) is 1.53. The fourth-order valence-electron chi connectivity index (χ4n) is 3.38.